The number of aromatic nitrogens is 3. The minimum absolute atomic E-state index is 0.00708. The van der Waals surface area contributed by atoms with Gasteiger partial charge in [0, 0.05) is 44.2 Å². The molecule has 0 saturated carbocycles. The molecule has 12 heteroatoms. The number of hydroxylamine groups is 1. The molecule has 3 unspecified atom stereocenters. The average molecular weight is 674 g/mol. The van der Waals surface area contributed by atoms with Gasteiger partial charge >= 0.3 is 0 Å². The molecule has 0 bridgehead atoms. The maximum Gasteiger partial charge on any atom is 0.243 e. The standard InChI is InChI=1S/C36H43N5O6S/c1-41-24-38-39-36(41)48-23-30-20-32(27-14-12-25(22-42)13-15-27)47-35(46-30)28-18-16-26(17-19-28)31-9-7-6-8-29(31)21-37-33(43)10-4-2-3-5-11-34(44)40-45/h6-9,12-19,24,30,32,35,42,45H,2-5,10-11,20-23H2,1H3,(H,37,43)(H,40,44). The molecule has 3 aromatic carbocycles. The molecule has 1 aliphatic heterocycles. The highest BCUT2D eigenvalue weighted by molar-refractivity contribution is 7.99. The molecule has 4 aromatic rings. The highest BCUT2D eigenvalue weighted by atomic mass is 32.2. The van der Waals surface area contributed by atoms with E-state index in [1.807, 2.05) is 66.2 Å². The largest absolute Gasteiger partial charge is 0.392 e. The van der Waals surface area contributed by atoms with Gasteiger partial charge in [0.2, 0.25) is 11.8 Å². The molecule has 1 aliphatic rings. The summed E-state index contributed by atoms with van der Waals surface area (Å²) in [6.07, 6.45) is 5.34. The molecule has 0 spiro atoms. The molecule has 1 saturated heterocycles. The van der Waals surface area contributed by atoms with Crippen LogP contribution in [0.25, 0.3) is 11.1 Å². The van der Waals surface area contributed by atoms with E-state index in [9.17, 15) is 14.7 Å². The van der Waals surface area contributed by atoms with Crippen molar-refractivity contribution in [2.24, 2.45) is 7.05 Å². The third-order valence-corrected chi connectivity index (χ3v) is 9.52. The molecular weight excluding hydrogens is 630 g/mol. The van der Waals surface area contributed by atoms with Crippen LogP contribution in [0.3, 0.4) is 0 Å². The maximum atomic E-state index is 12.5. The fourth-order valence-corrected chi connectivity index (χ4v) is 6.54. The number of thioether (sulfide) groups is 1. The lowest BCUT2D eigenvalue weighted by Gasteiger charge is -2.36. The number of nitrogens with one attached hydrogen (secondary N) is 2. The van der Waals surface area contributed by atoms with Crippen LogP contribution in [-0.4, -0.2) is 48.7 Å². The Kier molecular flexibility index (Phi) is 13.1. The van der Waals surface area contributed by atoms with Crippen LogP contribution in [0.5, 0.6) is 0 Å². The minimum atomic E-state index is -0.568. The van der Waals surface area contributed by atoms with Crippen molar-refractivity contribution in [3.05, 3.63) is 101 Å². The summed E-state index contributed by atoms with van der Waals surface area (Å²) in [5, 5.41) is 30.1. The number of hydrogen-bond donors (Lipinski definition) is 4. The highest BCUT2D eigenvalue weighted by Crippen LogP contribution is 2.40. The summed E-state index contributed by atoms with van der Waals surface area (Å²) >= 11 is 1.60. The summed E-state index contributed by atoms with van der Waals surface area (Å²) in [5.41, 5.74) is 7.52. The number of ether oxygens (including phenoxy) is 2. The number of carbonyl (C=O) groups excluding carboxylic acids is 2. The monoisotopic (exact) mass is 673 g/mol. The highest BCUT2D eigenvalue weighted by Gasteiger charge is 2.32. The Morgan fingerprint density at radius 3 is 2.31 bits per heavy atom. The Bertz CT molecular complexity index is 1610. The van der Waals surface area contributed by atoms with Crippen molar-refractivity contribution in [2.45, 2.75) is 81.8 Å². The molecule has 2 amide bonds. The third kappa shape index (κ3) is 9.97. The van der Waals surface area contributed by atoms with E-state index in [2.05, 4.69) is 33.7 Å². The summed E-state index contributed by atoms with van der Waals surface area (Å²) in [6.45, 7) is 0.413. The van der Waals surface area contributed by atoms with Crippen LogP contribution in [-0.2, 0) is 39.3 Å². The molecule has 0 radical (unpaired) electrons. The van der Waals surface area contributed by atoms with Crippen LogP contribution in [0.4, 0.5) is 0 Å². The van der Waals surface area contributed by atoms with Gasteiger partial charge in [-0.15, -0.1) is 10.2 Å². The Hall–Kier alpha value is -4.07. The number of carbonyl (C=O) groups is 2. The lowest BCUT2D eigenvalue weighted by Crippen LogP contribution is -2.31. The van der Waals surface area contributed by atoms with E-state index in [4.69, 9.17) is 14.7 Å². The zero-order valence-corrected chi connectivity index (χ0v) is 27.9. The first-order chi connectivity index (χ1) is 23.4. The number of rotatable bonds is 16. The molecule has 0 aliphatic carbocycles. The Labute approximate surface area is 285 Å². The van der Waals surface area contributed by atoms with Gasteiger partial charge in [-0.3, -0.25) is 14.8 Å². The SMILES string of the molecule is Cn1cnnc1SCC1CC(c2ccc(CO)cc2)OC(c2ccc(-c3ccccc3CNC(=O)CCCCCCC(=O)NO)cc2)O1. The predicted molar refractivity (Wildman–Crippen MR) is 182 cm³/mol. The number of aliphatic hydroxyl groups is 1. The van der Waals surface area contributed by atoms with E-state index in [0.717, 1.165) is 57.8 Å². The zero-order chi connectivity index (χ0) is 33.7. The van der Waals surface area contributed by atoms with E-state index in [1.54, 1.807) is 23.6 Å². The van der Waals surface area contributed by atoms with Gasteiger partial charge < -0.3 is 24.5 Å². The number of hydrogen-bond acceptors (Lipinski definition) is 9. The van der Waals surface area contributed by atoms with Gasteiger partial charge in [0.25, 0.3) is 0 Å². The first kappa shape index (κ1) is 35.2. The number of aryl methyl sites for hydroxylation is 1. The summed E-state index contributed by atoms with van der Waals surface area (Å²) in [6, 6.07) is 24.1. The van der Waals surface area contributed by atoms with Crippen molar-refractivity contribution in [1.29, 1.82) is 0 Å². The van der Waals surface area contributed by atoms with E-state index >= 15 is 0 Å². The number of unbranched alkanes of at least 4 members (excludes halogenated alkanes) is 3. The van der Waals surface area contributed by atoms with Gasteiger partial charge in [0.1, 0.15) is 6.33 Å². The molecule has 2 heterocycles. The van der Waals surface area contributed by atoms with Crippen LogP contribution in [0, 0.1) is 0 Å². The number of aliphatic hydroxyl groups excluding tert-OH is 1. The Morgan fingerprint density at radius 2 is 1.62 bits per heavy atom. The van der Waals surface area contributed by atoms with E-state index < -0.39 is 6.29 Å². The number of benzene rings is 3. The molecule has 11 nitrogen and oxygen atoms in total. The second-order valence-electron chi connectivity index (χ2n) is 11.9. The van der Waals surface area contributed by atoms with E-state index in [1.165, 1.54) is 0 Å². The quantitative estimate of drug-likeness (QED) is 0.0503. The second-order valence-corrected chi connectivity index (χ2v) is 12.9. The molecule has 1 fully saturated rings. The molecular formula is C36H43N5O6S. The van der Waals surface area contributed by atoms with Crippen LogP contribution in [0.15, 0.2) is 84.3 Å². The van der Waals surface area contributed by atoms with Gasteiger partial charge in [-0.2, -0.15) is 0 Å². The van der Waals surface area contributed by atoms with Crippen molar-refractivity contribution < 1.29 is 29.4 Å². The van der Waals surface area contributed by atoms with Gasteiger partial charge in [-0.05, 0) is 40.7 Å². The Balaban J connectivity index is 1.21. The van der Waals surface area contributed by atoms with E-state index in [0.29, 0.717) is 31.6 Å². The first-order valence-corrected chi connectivity index (χ1v) is 17.3. The molecule has 5 rings (SSSR count). The van der Waals surface area contributed by atoms with Crippen LogP contribution in [0.1, 0.15) is 79.6 Å². The van der Waals surface area contributed by atoms with E-state index in [-0.39, 0.29) is 37.0 Å². The first-order valence-electron chi connectivity index (χ1n) is 16.3. The van der Waals surface area contributed by atoms with Crippen molar-refractivity contribution in [1.82, 2.24) is 25.6 Å². The molecule has 254 valence electrons. The van der Waals surface area contributed by atoms with Crippen LogP contribution >= 0.6 is 11.8 Å². The van der Waals surface area contributed by atoms with Crippen molar-refractivity contribution >= 4 is 23.6 Å². The smallest absolute Gasteiger partial charge is 0.243 e. The molecule has 4 N–H and O–H groups in total. The summed E-state index contributed by atoms with van der Waals surface area (Å²) in [7, 11) is 1.92. The van der Waals surface area contributed by atoms with Crippen molar-refractivity contribution in [3.63, 3.8) is 0 Å². The normalized spacial score (nSPS) is 17.6. The summed E-state index contributed by atoms with van der Waals surface area (Å²) in [5.74, 6) is 0.301. The van der Waals surface area contributed by atoms with Gasteiger partial charge in [-0.1, -0.05) is 97.4 Å². The third-order valence-electron chi connectivity index (χ3n) is 8.35. The molecule has 48 heavy (non-hydrogen) atoms. The zero-order valence-electron chi connectivity index (χ0n) is 27.1. The van der Waals surface area contributed by atoms with Crippen molar-refractivity contribution in [2.75, 3.05) is 5.75 Å². The fourth-order valence-electron chi connectivity index (χ4n) is 5.63. The Morgan fingerprint density at radius 1 is 0.917 bits per heavy atom. The van der Waals surface area contributed by atoms with Gasteiger partial charge in [0.05, 0.1) is 18.8 Å². The molecule has 3 atom stereocenters. The number of amides is 2. The fraction of sp³-hybridized carbons (Fsp3) is 0.389. The topological polar surface area (TPSA) is 148 Å². The second kappa shape index (κ2) is 17.9. The predicted octanol–water partition coefficient (Wildman–Crippen LogP) is 5.77. The van der Waals surface area contributed by atoms with Crippen LogP contribution in [0.2, 0.25) is 0 Å². The van der Waals surface area contributed by atoms with Gasteiger partial charge in [-0.25, -0.2) is 5.48 Å². The van der Waals surface area contributed by atoms with Crippen molar-refractivity contribution in [3.8, 4) is 11.1 Å². The van der Waals surface area contributed by atoms with Crippen LogP contribution < -0.4 is 10.8 Å². The maximum absolute atomic E-state index is 12.5. The summed E-state index contributed by atoms with van der Waals surface area (Å²) < 4.78 is 14.9. The number of nitrogens with zero attached hydrogens (tertiary/aromatic N) is 3. The summed E-state index contributed by atoms with van der Waals surface area (Å²) in [4.78, 5) is 23.6. The molecule has 1 aromatic heterocycles. The lowest BCUT2D eigenvalue weighted by molar-refractivity contribution is -0.245. The minimum Gasteiger partial charge on any atom is -0.392 e. The van der Waals surface area contributed by atoms with Gasteiger partial charge in [0.15, 0.2) is 11.4 Å². The lowest BCUT2D eigenvalue weighted by atomic mass is 9.97. The average Bonchev–Trinajstić information content (AvgIpc) is 3.55.